The van der Waals surface area contributed by atoms with Crippen LogP contribution in [0.3, 0.4) is 0 Å². The summed E-state index contributed by atoms with van der Waals surface area (Å²) in [7, 11) is -3.35. The van der Waals surface area contributed by atoms with Crippen molar-refractivity contribution in [2.75, 3.05) is 13.1 Å². The van der Waals surface area contributed by atoms with Crippen LogP contribution in [0, 0.1) is 5.92 Å². The van der Waals surface area contributed by atoms with E-state index in [-0.39, 0.29) is 0 Å². The highest BCUT2D eigenvalue weighted by atomic mass is 79.9. The second-order valence-corrected chi connectivity index (χ2v) is 10.0. The van der Waals surface area contributed by atoms with E-state index in [0.717, 1.165) is 11.3 Å². The summed E-state index contributed by atoms with van der Waals surface area (Å²) in [6, 6.07) is 2.18. The molecule has 1 unspecified atom stereocenters. The lowest BCUT2D eigenvalue weighted by Gasteiger charge is -2.15. The van der Waals surface area contributed by atoms with Crippen LogP contribution in [0.1, 0.15) is 32.1 Å². The first kappa shape index (κ1) is 16.4. The molecule has 1 N–H and O–H groups in total. The third kappa shape index (κ3) is 3.62. The van der Waals surface area contributed by atoms with Gasteiger partial charge in [0.15, 0.2) is 0 Å². The summed E-state index contributed by atoms with van der Waals surface area (Å²) in [6.07, 6.45) is 0.947. The highest BCUT2D eigenvalue weighted by molar-refractivity contribution is 9.11. The van der Waals surface area contributed by atoms with Gasteiger partial charge in [0.1, 0.15) is 4.90 Å². The minimum absolute atomic E-state index is 0.385. The molecule has 0 radical (unpaired) electrons. The first-order chi connectivity index (χ1) is 9.30. The predicted molar refractivity (Wildman–Crippen MR) is 86.5 cm³/mol. The van der Waals surface area contributed by atoms with Crippen LogP contribution in [0.5, 0.6) is 0 Å². The van der Waals surface area contributed by atoms with E-state index in [1.807, 2.05) is 0 Å². The number of sulfonamides is 1. The summed E-state index contributed by atoms with van der Waals surface area (Å²) >= 11 is 4.90. The van der Waals surface area contributed by atoms with Gasteiger partial charge in [-0.3, -0.25) is 0 Å². The van der Waals surface area contributed by atoms with Gasteiger partial charge in [0, 0.05) is 30.6 Å². The Morgan fingerprint density at radius 3 is 2.80 bits per heavy atom. The average Bonchev–Trinajstić information content (AvgIpc) is 2.93. The largest absolute Gasteiger partial charge is 0.310 e. The smallest absolute Gasteiger partial charge is 0.245 e. The second-order valence-electron chi connectivity index (χ2n) is 5.64. The number of rotatable bonds is 5. The van der Waals surface area contributed by atoms with Crippen LogP contribution >= 0.6 is 27.3 Å². The quantitative estimate of drug-likeness (QED) is 0.853. The molecule has 1 atom stereocenters. The van der Waals surface area contributed by atoms with Gasteiger partial charge in [-0.05, 0) is 34.3 Å². The van der Waals surface area contributed by atoms with Crippen molar-refractivity contribution in [3.05, 3.63) is 14.7 Å². The Labute approximate surface area is 133 Å². The maximum absolute atomic E-state index is 12.6. The van der Waals surface area contributed by atoms with Gasteiger partial charge in [0.05, 0.1) is 3.79 Å². The van der Waals surface area contributed by atoms with Crippen LogP contribution in [0.25, 0.3) is 0 Å². The van der Waals surface area contributed by atoms with E-state index in [1.54, 1.807) is 10.4 Å². The van der Waals surface area contributed by atoms with E-state index in [9.17, 15) is 8.42 Å². The van der Waals surface area contributed by atoms with Gasteiger partial charge in [0.25, 0.3) is 0 Å². The van der Waals surface area contributed by atoms with Crippen molar-refractivity contribution in [3.8, 4) is 0 Å². The maximum atomic E-state index is 12.6. The van der Waals surface area contributed by atoms with Crippen LogP contribution in [0.15, 0.2) is 14.7 Å². The number of nitrogens with one attached hydrogen (secondary N) is 1. The molecule has 114 valence electrons. The first-order valence-electron chi connectivity index (χ1n) is 6.82. The number of thiophene rings is 1. The summed E-state index contributed by atoms with van der Waals surface area (Å²) in [6.45, 7) is 8.20. The average molecular weight is 381 g/mol. The van der Waals surface area contributed by atoms with Gasteiger partial charge < -0.3 is 5.32 Å². The number of nitrogens with zero attached hydrogens (tertiary/aromatic N) is 1. The van der Waals surface area contributed by atoms with Gasteiger partial charge in [-0.2, -0.15) is 4.31 Å². The van der Waals surface area contributed by atoms with E-state index >= 15 is 0 Å². The van der Waals surface area contributed by atoms with Crippen LogP contribution in [0.2, 0.25) is 0 Å². The Bertz CT molecular complexity index is 569. The van der Waals surface area contributed by atoms with Gasteiger partial charge in [-0.15, -0.1) is 11.3 Å². The molecule has 1 aliphatic heterocycles. The molecule has 1 aromatic rings. The summed E-state index contributed by atoms with van der Waals surface area (Å²) in [5.74, 6) is 0.448. The van der Waals surface area contributed by atoms with Gasteiger partial charge in [-0.25, -0.2) is 8.42 Å². The zero-order chi connectivity index (χ0) is 14.9. The number of halogens is 1. The number of hydrogen-bond donors (Lipinski definition) is 1. The van der Waals surface area contributed by atoms with Crippen LogP contribution in [0.4, 0.5) is 0 Å². The fourth-order valence-corrected chi connectivity index (χ4v) is 6.38. The van der Waals surface area contributed by atoms with Crippen LogP contribution in [-0.2, 0) is 16.6 Å². The lowest BCUT2D eigenvalue weighted by molar-refractivity contribution is 0.464. The van der Waals surface area contributed by atoms with Crippen molar-refractivity contribution in [2.24, 2.45) is 5.92 Å². The molecule has 2 heterocycles. The Balaban J connectivity index is 2.19. The first-order valence-corrected chi connectivity index (χ1v) is 9.87. The van der Waals surface area contributed by atoms with Crippen molar-refractivity contribution in [2.45, 2.75) is 44.7 Å². The maximum Gasteiger partial charge on any atom is 0.245 e. The fraction of sp³-hybridized carbons (Fsp3) is 0.692. The lowest BCUT2D eigenvalue weighted by atomic mass is 10.2. The standard InChI is InChI=1S/C13H21BrN2O2S2/c1-9(2)15-7-11-6-12(13(14)19-11)20(17,18)16-5-4-10(3)8-16/h6,9-10,15H,4-5,7-8H2,1-3H3. The highest BCUT2D eigenvalue weighted by Gasteiger charge is 2.32. The normalized spacial score (nSPS) is 20.9. The monoisotopic (exact) mass is 380 g/mol. The Morgan fingerprint density at radius 1 is 1.55 bits per heavy atom. The SMILES string of the molecule is CC1CCN(S(=O)(=O)c2cc(CNC(C)C)sc2Br)C1. The van der Waals surface area contributed by atoms with Crippen LogP contribution in [-0.4, -0.2) is 31.9 Å². The molecule has 2 rings (SSSR count). The predicted octanol–water partition coefficient (Wildman–Crippen LogP) is 3.04. The summed E-state index contributed by atoms with van der Waals surface area (Å²) < 4.78 is 27.6. The van der Waals surface area contributed by atoms with E-state index in [4.69, 9.17) is 0 Å². The Morgan fingerprint density at radius 2 is 2.25 bits per heavy atom. The molecule has 0 aromatic carbocycles. The second kappa shape index (κ2) is 6.44. The molecule has 0 saturated carbocycles. The van der Waals surface area contributed by atoms with E-state index in [1.165, 1.54) is 11.3 Å². The molecule has 1 saturated heterocycles. The molecule has 4 nitrogen and oxygen atoms in total. The molecule has 0 aliphatic carbocycles. The fourth-order valence-electron chi connectivity index (χ4n) is 2.22. The van der Waals surface area contributed by atoms with E-state index < -0.39 is 10.0 Å². The molecule has 1 fully saturated rings. The molecule has 1 aromatic heterocycles. The van der Waals surface area contributed by atoms with Crippen molar-refractivity contribution in [3.63, 3.8) is 0 Å². The molecule has 20 heavy (non-hydrogen) atoms. The Kier molecular flexibility index (Phi) is 5.29. The van der Waals surface area contributed by atoms with Crippen LogP contribution < -0.4 is 5.32 Å². The molecule has 0 spiro atoms. The number of hydrogen-bond acceptors (Lipinski definition) is 4. The minimum Gasteiger partial charge on any atom is -0.310 e. The third-order valence-corrected chi connectivity index (χ3v) is 7.51. The van der Waals surface area contributed by atoms with Crippen molar-refractivity contribution < 1.29 is 8.42 Å². The van der Waals surface area contributed by atoms with E-state index in [0.29, 0.717) is 40.3 Å². The van der Waals surface area contributed by atoms with Crippen molar-refractivity contribution >= 4 is 37.3 Å². The Hall–Kier alpha value is 0.0500. The topological polar surface area (TPSA) is 49.4 Å². The third-order valence-electron chi connectivity index (χ3n) is 3.40. The molecule has 0 amide bonds. The van der Waals surface area contributed by atoms with Gasteiger partial charge in [-0.1, -0.05) is 20.8 Å². The van der Waals surface area contributed by atoms with Gasteiger partial charge >= 0.3 is 0 Å². The summed E-state index contributed by atoms with van der Waals surface area (Å²) in [4.78, 5) is 1.45. The highest BCUT2D eigenvalue weighted by Crippen LogP contribution is 2.35. The lowest BCUT2D eigenvalue weighted by Crippen LogP contribution is -2.28. The van der Waals surface area contributed by atoms with Crippen molar-refractivity contribution in [1.29, 1.82) is 0 Å². The summed E-state index contributed by atoms with van der Waals surface area (Å²) in [5.41, 5.74) is 0. The zero-order valence-corrected chi connectivity index (χ0v) is 15.2. The van der Waals surface area contributed by atoms with Gasteiger partial charge in [0.2, 0.25) is 10.0 Å². The zero-order valence-electron chi connectivity index (χ0n) is 12.0. The minimum atomic E-state index is -3.35. The molecule has 7 heteroatoms. The summed E-state index contributed by atoms with van der Waals surface area (Å²) in [5, 5.41) is 3.31. The van der Waals surface area contributed by atoms with E-state index in [2.05, 4.69) is 42.0 Å². The molecular formula is C13H21BrN2O2S2. The molecule has 1 aliphatic rings. The molecular weight excluding hydrogens is 360 g/mol. The molecule has 0 bridgehead atoms. The van der Waals surface area contributed by atoms with Crippen molar-refractivity contribution in [1.82, 2.24) is 9.62 Å².